The number of amides is 2. The Balaban J connectivity index is 0.00000342. The number of nitrogens with two attached hydrogens (primary N) is 1. The van der Waals surface area contributed by atoms with Crippen molar-refractivity contribution in [3.63, 3.8) is 0 Å². The summed E-state index contributed by atoms with van der Waals surface area (Å²) in [7, 11) is 2.50. The fourth-order valence-corrected chi connectivity index (χ4v) is 5.93. The van der Waals surface area contributed by atoms with Crippen LogP contribution in [0.3, 0.4) is 0 Å². The number of ether oxygens (including phenoxy) is 2. The predicted molar refractivity (Wildman–Crippen MR) is 117 cm³/mol. The van der Waals surface area contributed by atoms with Crippen molar-refractivity contribution in [1.82, 2.24) is 15.2 Å². The van der Waals surface area contributed by atoms with Gasteiger partial charge in [-0.15, -0.1) is 23.1 Å². The minimum Gasteiger partial charge on any atom is -0.543 e. The molecule has 0 radical (unpaired) electrons. The summed E-state index contributed by atoms with van der Waals surface area (Å²) in [4.78, 5) is 59.2. The van der Waals surface area contributed by atoms with Crippen LogP contribution in [-0.4, -0.2) is 82.9 Å². The Morgan fingerprint density at radius 1 is 1.34 bits per heavy atom. The summed E-state index contributed by atoms with van der Waals surface area (Å²) in [6.45, 7) is 0. The topological polar surface area (TPSA) is 186 Å². The van der Waals surface area contributed by atoms with E-state index in [-0.39, 0.29) is 57.5 Å². The second-order valence-electron chi connectivity index (χ2n) is 7.43. The van der Waals surface area contributed by atoms with Gasteiger partial charge in [-0.1, -0.05) is 5.16 Å². The number of hydrogen-bond acceptors (Lipinski definition) is 13. The van der Waals surface area contributed by atoms with Crippen molar-refractivity contribution >= 4 is 57.7 Å². The maximum absolute atomic E-state index is 12.9. The van der Waals surface area contributed by atoms with E-state index in [1.54, 1.807) is 0 Å². The van der Waals surface area contributed by atoms with E-state index in [1.807, 2.05) is 0 Å². The van der Waals surface area contributed by atoms with Crippen LogP contribution in [-0.2, 0) is 33.5 Å². The summed E-state index contributed by atoms with van der Waals surface area (Å²) in [5.41, 5.74) is 5.67. The van der Waals surface area contributed by atoms with E-state index < -0.39 is 47.4 Å². The summed E-state index contributed by atoms with van der Waals surface area (Å²) < 4.78 is 10.4. The molecule has 2 amide bonds. The molecular formula is C19H20N5NaO8S2. The molecule has 16 heteroatoms. The van der Waals surface area contributed by atoms with E-state index in [9.17, 15) is 24.3 Å². The van der Waals surface area contributed by atoms with E-state index in [4.69, 9.17) is 15.3 Å². The standard InChI is InChI=1S/C19H21N5O8S2.Na/c1-30-18(29)10-4-3-9(32-10)7-5-33-16-12(15(26)24(16)13(7)17(27)28)22-14(25)11(23-31-2)8-6-34-19(20)21-8;/h6,9-10,12,16H,3-5H2,1-2H3,(H2,20,21)(H,22,25)(H,27,28);/q;+1/p-1/b23-11-;/t9?,10?,12-,16-;/m1./s1. The van der Waals surface area contributed by atoms with Gasteiger partial charge < -0.3 is 35.3 Å². The molecule has 4 rings (SSSR count). The summed E-state index contributed by atoms with van der Waals surface area (Å²) in [6.07, 6.45) is -0.703. The van der Waals surface area contributed by atoms with Gasteiger partial charge in [-0.2, -0.15) is 0 Å². The predicted octanol–water partition coefficient (Wildman–Crippen LogP) is -4.80. The number of carboxylic acids is 1. The third-order valence-corrected chi connectivity index (χ3v) is 7.49. The molecule has 0 spiro atoms. The molecule has 3 N–H and O–H groups in total. The van der Waals surface area contributed by atoms with Gasteiger partial charge in [-0.05, 0) is 18.4 Å². The molecule has 1 aromatic rings. The summed E-state index contributed by atoms with van der Waals surface area (Å²) in [5, 5.41) is 19.3. The first-order valence-corrected chi connectivity index (χ1v) is 11.9. The molecule has 0 aliphatic carbocycles. The third-order valence-electron chi connectivity index (χ3n) is 5.51. The quantitative estimate of drug-likeness (QED) is 0.113. The molecule has 0 aromatic carbocycles. The number of methoxy groups -OCH3 is 1. The summed E-state index contributed by atoms with van der Waals surface area (Å²) in [5.74, 6) is -3.22. The number of anilines is 1. The van der Waals surface area contributed by atoms with E-state index in [0.29, 0.717) is 18.4 Å². The average molecular weight is 534 g/mol. The van der Waals surface area contributed by atoms with Crippen LogP contribution < -0.4 is 45.7 Å². The molecule has 4 atom stereocenters. The van der Waals surface area contributed by atoms with Crippen LogP contribution in [0.4, 0.5) is 5.13 Å². The normalized spacial score (nSPS) is 25.8. The van der Waals surface area contributed by atoms with Gasteiger partial charge in [0.05, 0.1) is 24.9 Å². The van der Waals surface area contributed by atoms with E-state index in [1.165, 1.54) is 31.4 Å². The van der Waals surface area contributed by atoms with Crippen molar-refractivity contribution in [3.8, 4) is 0 Å². The van der Waals surface area contributed by atoms with Gasteiger partial charge in [-0.3, -0.25) is 14.5 Å². The van der Waals surface area contributed by atoms with Crippen molar-refractivity contribution in [1.29, 1.82) is 0 Å². The minimum absolute atomic E-state index is 0. The summed E-state index contributed by atoms with van der Waals surface area (Å²) in [6, 6.07) is -1.00. The zero-order valence-electron chi connectivity index (χ0n) is 19.0. The van der Waals surface area contributed by atoms with Gasteiger partial charge in [0, 0.05) is 11.1 Å². The number of β-lactam (4-membered cyclic amide) rings is 1. The molecule has 3 aliphatic heterocycles. The molecule has 2 saturated heterocycles. The number of aromatic nitrogens is 1. The third kappa shape index (κ3) is 5.20. The molecule has 2 fully saturated rings. The largest absolute Gasteiger partial charge is 1.00 e. The Hall–Kier alpha value is -2.17. The molecule has 4 heterocycles. The first-order valence-electron chi connectivity index (χ1n) is 10.0. The number of thioether (sulfide) groups is 1. The van der Waals surface area contributed by atoms with E-state index >= 15 is 0 Å². The number of carbonyl (C=O) groups excluding carboxylic acids is 4. The van der Waals surface area contributed by atoms with E-state index in [0.717, 1.165) is 16.2 Å². The number of rotatable bonds is 7. The smallest absolute Gasteiger partial charge is 0.543 e. The number of thiazole rings is 1. The number of nitrogen functional groups attached to an aromatic ring is 1. The number of oxime groups is 1. The van der Waals surface area contributed by atoms with Gasteiger partial charge in [0.2, 0.25) is 0 Å². The molecular weight excluding hydrogens is 513 g/mol. The van der Waals surface area contributed by atoms with Crippen LogP contribution >= 0.6 is 23.1 Å². The van der Waals surface area contributed by atoms with Gasteiger partial charge in [-0.25, -0.2) is 9.78 Å². The number of nitrogens with zero attached hydrogens (tertiary/aromatic N) is 3. The van der Waals surface area contributed by atoms with Gasteiger partial charge >= 0.3 is 35.5 Å². The summed E-state index contributed by atoms with van der Waals surface area (Å²) >= 11 is 2.37. The Morgan fingerprint density at radius 2 is 2.09 bits per heavy atom. The monoisotopic (exact) mass is 533 g/mol. The minimum atomic E-state index is -1.54. The van der Waals surface area contributed by atoms with Crippen LogP contribution in [0.5, 0.6) is 0 Å². The molecule has 3 aliphatic rings. The van der Waals surface area contributed by atoms with Gasteiger partial charge in [0.15, 0.2) is 16.9 Å². The fourth-order valence-electron chi connectivity index (χ4n) is 3.98. The van der Waals surface area contributed by atoms with Crippen LogP contribution in [0.15, 0.2) is 21.8 Å². The Kier molecular flexibility index (Phi) is 8.82. The molecule has 13 nitrogen and oxygen atoms in total. The second kappa shape index (κ2) is 11.3. The molecule has 35 heavy (non-hydrogen) atoms. The van der Waals surface area contributed by atoms with Crippen molar-refractivity contribution in [2.45, 2.75) is 36.5 Å². The molecule has 1 aromatic heterocycles. The number of carboxylic acid groups (broad SMARTS) is 1. The Bertz CT molecular complexity index is 1110. The van der Waals surface area contributed by atoms with Crippen LogP contribution in [0.25, 0.3) is 0 Å². The SMILES string of the molecule is CO/N=C(\C(=O)N[C@@H]1C(=O)N2C(C(=O)[O-])=C(C3CCC(C(=O)OC)O3)CS[C@H]12)c1csc(N)n1.[Na+]. The number of fused-ring (bicyclic) bond motifs is 1. The molecule has 182 valence electrons. The molecule has 2 unspecified atom stereocenters. The Morgan fingerprint density at radius 3 is 2.69 bits per heavy atom. The van der Waals surface area contributed by atoms with Crippen molar-refractivity contribution in [2.24, 2.45) is 5.16 Å². The maximum Gasteiger partial charge on any atom is 1.00 e. The molecule has 0 saturated carbocycles. The number of esters is 1. The van der Waals surface area contributed by atoms with Crippen LogP contribution in [0.2, 0.25) is 0 Å². The van der Waals surface area contributed by atoms with Crippen molar-refractivity contribution in [3.05, 3.63) is 22.3 Å². The van der Waals surface area contributed by atoms with Gasteiger partial charge in [0.1, 0.15) is 24.2 Å². The van der Waals surface area contributed by atoms with Gasteiger partial charge in [0.25, 0.3) is 11.8 Å². The van der Waals surface area contributed by atoms with Crippen molar-refractivity contribution in [2.75, 3.05) is 25.7 Å². The van der Waals surface area contributed by atoms with Crippen LogP contribution in [0.1, 0.15) is 18.5 Å². The van der Waals surface area contributed by atoms with E-state index in [2.05, 4.69) is 20.2 Å². The average Bonchev–Trinajstić information content (AvgIpc) is 3.48. The zero-order valence-corrected chi connectivity index (χ0v) is 22.6. The Labute approximate surface area is 229 Å². The second-order valence-corrected chi connectivity index (χ2v) is 9.42. The zero-order chi connectivity index (χ0) is 24.6. The molecule has 0 bridgehead atoms. The number of aliphatic carboxylic acids is 1. The fraction of sp³-hybridized carbons (Fsp3) is 0.474. The first-order chi connectivity index (χ1) is 16.3. The number of nitrogens with one attached hydrogen (secondary N) is 1. The first kappa shape index (κ1) is 27.4. The van der Waals surface area contributed by atoms with Crippen LogP contribution in [0, 0.1) is 0 Å². The maximum atomic E-state index is 12.9. The number of carbonyl (C=O) groups is 4. The number of hydrogen-bond donors (Lipinski definition) is 2. The van der Waals surface area contributed by atoms with Crippen molar-refractivity contribution < 1.29 is 68.2 Å².